The first-order chi connectivity index (χ1) is 7.58. The van der Waals surface area contributed by atoms with Gasteiger partial charge in [0.05, 0.1) is 0 Å². The molecule has 2 aromatic rings. The second-order valence-corrected chi connectivity index (χ2v) is 3.53. The predicted octanol–water partition coefficient (Wildman–Crippen LogP) is 2.71. The Bertz CT molecular complexity index is 584. The molecule has 0 aliphatic heterocycles. The van der Waals surface area contributed by atoms with E-state index in [4.69, 9.17) is 5.11 Å². The van der Waals surface area contributed by atoms with Gasteiger partial charge in [-0.1, -0.05) is 0 Å². The van der Waals surface area contributed by atoms with Gasteiger partial charge in [0.1, 0.15) is 5.82 Å². The molecule has 0 radical (unpaired) electrons. The smallest absolute Gasteiger partial charge is 0.328 e. The number of aryl methyl sites for hydroxylation is 1. The summed E-state index contributed by atoms with van der Waals surface area (Å²) in [6.45, 7) is 1.82. The Balaban J connectivity index is 2.62. The first kappa shape index (κ1) is 10.4. The van der Waals surface area contributed by atoms with Crippen LogP contribution in [0, 0.1) is 12.7 Å². The molecule has 0 unspecified atom stereocenters. The van der Waals surface area contributed by atoms with E-state index in [0.717, 1.165) is 17.3 Å². The number of hydrogen-bond donors (Lipinski definition) is 2. The maximum atomic E-state index is 13.1. The van der Waals surface area contributed by atoms with Crippen molar-refractivity contribution in [3.05, 3.63) is 41.3 Å². The van der Waals surface area contributed by atoms with Crippen LogP contribution in [-0.2, 0) is 4.79 Å². The van der Waals surface area contributed by atoms with Gasteiger partial charge in [0.15, 0.2) is 0 Å². The Hall–Kier alpha value is -2.10. The number of carbonyl (C=O) groups is 1. The SMILES string of the molecule is Cc1[nH]c2ccc(F)cc2c1/C=C/C(=O)O. The number of hydrogen-bond acceptors (Lipinski definition) is 1. The Morgan fingerprint density at radius 1 is 1.50 bits per heavy atom. The van der Waals surface area contributed by atoms with Crippen molar-refractivity contribution in [2.24, 2.45) is 0 Å². The van der Waals surface area contributed by atoms with Crippen LogP contribution in [-0.4, -0.2) is 16.1 Å². The van der Waals surface area contributed by atoms with Crippen molar-refractivity contribution in [1.82, 2.24) is 4.98 Å². The van der Waals surface area contributed by atoms with Crippen molar-refractivity contribution in [3.8, 4) is 0 Å². The van der Waals surface area contributed by atoms with Crippen molar-refractivity contribution in [3.63, 3.8) is 0 Å². The molecule has 0 spiro atoms. The summed E-state index contributed by atoms with van der Waals surface area (Å²) in [5.41, 5.74) is 2.32. The number of nitrogens with one attached hydrogen (secondary N) is 1. The van der Waals surface area contributed by atoms with Crippen molar-refractivity contribution >= 4 is 22.9 Å². The lowest BCUT2D eigenvalue weighted by Crippen LogP contribution is -1.86. The number of carboxylic acid groups (broad SMARTS) is 1. The third-order valence-electron chi connectivity index (χ3n) is 2.39. The largest absolute Gasteiger partial charge is 0.478 e. The molecule has 16 heavy (non-hydrogen) atoms. The molecular formula is C12H10FNO2. The maximum Gasteiger partial charge on any atom is 0.328 e. The highest BCUT2D eigenvalue weighted by Crippen LogP contribution is 2.24. The maximum absolute atomic E-state index is 13.1. The van der Waals surface area contributed by atoms with Crippen LogP contribution >= 0.6 is 0 Å². The van der Waals surface area contributed by atoms with Crippen molar-refractivity contribution in [1.29, 1.82) is 0 Å². The Morgan fingerprint density at radius 3 is 2.94 bits per heavy atom. The molecule has 2 rings (SSSR count). The molecule has 1 aromatic heterocycles. The summed E-state index contributed by atoms with van der Waals surface area (Å²) in [6.07, 6.45) is 2.51. The van der Waals surface area contributed by atoms with Gasteiger partial charge in [-0.05, 0) is 31.2 Å². The average Bonchev–Trinajstić information content (AvgIpc) is 2.51. The van der Waals surface area contributed by atoms with E-state index >= 15 is 0 Å². The summed E-state index contributed by atoms with van der Waals surface area (Å²) in [5.74, 6) is -1.36. The Labute approximate surface area is 91.2 Å². The van der Waals surface area contributed by atoms with E-state index in [1.54, 1.807) is 6.07 Å². The summed E-state index contributed by atoms with van der Waals surface area (Å²) in [6, 6.07) is 4.39. The molecule has 1 heterocycles. The number of H-pyrrole nitrogens is 1. The summed E-state index contributed by atoms with van der Waals surface area (Å²) < 4.78 is 13.1. The first-order valence-electron chi connectivity index (χ1n) is 4.77. The van der Waals surface area contributed by atoms with Crippen LogP contribution in [0.5, 0.6) is 0 Å². The zero-order chi connectivity index (χ0) is 11.7. The van der Waals surface area contributed by atoms with Gasteiger partial charge in [0.25, 0.3) is 0 Å². The number of rotatable bonds is 2. The van der Waals surface area contributed by atoms with Gasteiger partial charge < -0.3 is 10.1 Å². The van der Waals surface area contributed by atoms with Crippen LogP contribution in [0.2, 0.25) is 0 Å². The molecule has 0 amide bonds. The Kier molecular flexibility index (Phi) is 2.48. The number of aromatic amines is 1. The van der Waals surface area contributed by atoms with E-state index in [-0.39, 0.29) is 5.82 Å². The fraction of sp³-hybridized carbons (Fsp3) is 0.0833. The van der Waals surface area contributed by atoms with Gasteiger partial charge in [-0.15, -0.1) is 0 Å². The third-order valence-corrected chi connectivity index (χ3v) is 2.39. The molecule has 0 saturated heterocycles. The fourth-order valence-electron chi connectivity index (χ4n) is 1.69. The molecule has 0 saturated carbocycles. The van der Waals surface area contributed by atoms with Crippen LogP contribution in [0.15, 0.2) is 24.3 Å². The van der Waals surface area contributed by atoms with Gasteiger partial charge >= 0.3 is 5.97 Å². The highest BCUT2D eigenvalue weighted by molar-refractivity contribution is 5.94. The average molecular weight is 219 g/mol. The predicted molar refractivity (Wildman–Crippen MR) is 59.7 cm³/mol. The molecule has 0 atom stereocenters. The topological polar surface area (TPSA) is 53.1 Å². The normalized spacial score (nSPS) is 11.4. The van der Waals surface area contributed by atoms with E-state index in [1.807, 2.05) is 6.92 Å². The van der Waals surface area contributed by atoms with Gasteiger partial charge in [-0.25, -0.2) is 9.18 Å². The molecule has 0 fully saturated rings. The van der Waals surface area contributed by atoms with Crippen molar-refractivity contribution in [2.45, 2.75) is 6.92 Å². The van der Waals surface area contributed by atoms with Crippen LogP contribution in [0.4, 0.5) is 4.39 Å². The molecule has 0 aliphatic rings. The van der Waals surface area contributed by atoms with E-state index in [0.29, 0.717) is 10.9 Å². The molecule has 0 aliphatic carbocycles. The monoisotopic (exact) mass is 219 g/mol. The number of carboxylic acids is 1. The van der Waals surface area contributed by atoms with E-state index < -0.39 is 5.97 Å². The minimum atomic E-state index is -1.02. The highest BCUT2D eigenvalue weighted by atomic mass is 19.1. The lowest BCUT2D eigenvalue weighted by Gasteiger charge is -1.93. The zero-order valence-electron chi connectivity index (χ0n) is 8.62. The summed E-state index contributed by atoms with van der Waals surface area (Å²) >= 11 is 0. The minimum absolute atomic E-state index is 0.337. The summed E-state index contributed by atoms with van der Waals surface area (Å²) in [4.78, 5) is 13.5. The highest BCUT2D eigenvalue weighted by Gasteiger charge is 2.06. The standard InChI is InChI=1S/C12H10FNO2/c1-7-9(3-5-12(15)16)10-6-8(13)2-4-11(10)14-7/h2-6,14H,1H3,(H,15,16)/b5-3+. The quantitative estimate of drug-likeness (QED) is 0.763. The van der Waals surface area contributed by atoms with Crippen LogP contribution < -0.4 is 0 Å². The lowest BCUT2D eigenvalue weighted by molar-refractivity contribution is -0.131. The number of aromatic nitrogens is 1. The number of halogens is 1. The molecule has 1 aromatic carbocycles. The second-order valence-electron chi connectivity index (χ2n) is 3.53. The van der Waals surface area contributed by atoms with Crippen molar-refractivity contribution in [2.75, 3.05) is 0 Å². The van der Waals surface area contributed by atoms with E-state index in [2.05, 4.69) is 4.98 Å². The Morgan fingerprint density at radius 2 is 2.25 bits per heavy atom. The third kappa shape index (κ3) is 1.82. The van der Waals surface area contributed by atoms with Gasteiger partial charge in [0.2, 0.25) is 0 Å². The number of benzene rings is 1. The molecule has 3 nitrogen and oxygen atoms in total. The van der Waals surface area contributed by atoms with E-state index in [9.17, 15) is 9.18 Å². The minimum Gasteiger partial charge on any atom is -0.478 e. The molecule has 4 heteroatoms. The molecule has 0 bridgehead atoms. The summed E-state index contributed by atoms with van der Waals surface area (Å²) in [7, 11) is 0. The van der Waals surface area contributed by atoms with Crippen molar-refractivity contribution < 1.29 is 14.3 Å². The molecule has 82 valence electrons. The zero-order valence-corrected chi connectivity index (χ0v) is 8.62. The van der Waals surface area contributed by atoms with Crippen LogP contribution in [0.25, 0.3) is 17.0 Å². The van der Waals surface area contributed by atoms with Crippen LogP contribution in [0.1, 0.15) is 11.3 Å². The fourth-order valence-corrected chi connectivity index (χ4v) is 1.69. The summed E-state index contributed by atoms with van der Waals surface area (Å²) in [5, 5.41) is 9.25. The molecule has 2 N–H and O–H groups in total. The number of fused-ring (bicyclic) bond motifs is 1. The second kappa shape index (κ2) is 3.81. The van der Waals surface area contributed by atoms with Crippen LogP contribution in [0.3, 0.4) is 0 Å². The number of aliphatic carboxylic acids is 1. The van der Waals surface area contributed by atoms with Gasteiger partial charge in [-0.2, -0.15) is 0 Å². The van der Waals surface area contributed by atoms with Gasteiger partial charge in [-0.3, -0.25) is 0 Å². The van der Waals surface area contributed by atoms with E-state index in [1.165, 1.54) is 18.2 Å². The lowest BCUT2D eigenvalue weighted by atomic mass is 10.1. The molecular weight excluding hydrogens is 209 g/mol. The van der Waals surface area contributed by atoms with Gasteiger partial charge in [0, 0.05) is 28.2 Å². The first-order valence-corrected chi connectivity index (χ1v) is 4.77.